The Balaban J connectivity index is 0. The summed E-state index contributed by atoms with van der Waals surface area (Å²) in [7, 11) is 0. The molecule has 0 aliphatic rings. The summed E-state index contributed by atoms with van der Waals surface area (Å²) >= 11 is 0. The molecule has 1 aromatic heterocycles. The van der Waals surface area contributed by atoms with Crippen LogP contribution in [-0.4, -0.2) is 9.97 Å². The van der Waals surface area contributed by atoms with E-state index in [1.807, 2.05) is 27.7 Å². The van der Waals surface area contributed by atoms with Crippen molar-refractivity contribution in [3.8, 4) is 0 Å². The van der Waals surface area contributed by atoms with Crippen LogP contribution in [0.15, 0.2) is 6.20 Å². The maximum atomic E-state index is 3.94. The minimum atomic E-state index is 0. The summed E-state index contributed by atoms with van der Waals surface area (Å²) in [6.45, 7) is 7.76. The van der Waals surface area contributed by atoms with Crippen molar-refractivity contribution in [3.05, 3.63) is 23.8 Å². The molecule has 0 aliphatic heterocycles. The molecule has 11 heavy (non-hydrogen) atoms. The number of aromatic nitrogens is 2. The van der Waals surface area contributed by atoms with E-state index < -0.39 is 0 Å². The van der Waals surface area contributed by atoms with Gasteiger partial charge in [-0.15, -0.1) is 5.56 Å². The Hall–Kier alpha value is -0.232. The van der Waals surface area contributed by atoms with Crippen LogP contribution in [0.3, 0.4) is 0 Å². The van der Waals surface area contributed by atoms with Crippen LogP contribution in [0.5, 0.6) is 0 Å². The largest absolute Gasteiger partial charge is 0.373 e. The van der Waals surface area contributed by atoms with E-state index >= 15 is 0 Å². The summed E-state index contributed by atoms with van der Waals surface area (Å²) in [6.07, 6.45) is 4.54. The predicted octanol–water partition coefficient (Wildman–Crippen LogP) is 1.92. The van der Waals surface area contributed by atoms with Gasteiger partial charge in [-0.25, -0.2) is 0 Å². The average molecular weight is 321 g/mol. The van der Waals surface area contributed by atoms with Crippen LogP contribution >= 0.6 is 0 Å². The molecule has 1 rings (SSSR count). The molecule has 0 aliphatic carbocycles. The van der Waals surface area contributed by atoms with Crippen LogP contribution in [-0.2, 0) is 21.1 Å². The zero-order valence-electron chi connectivity index (χ0n) is 7.38. The Bertz CT molecular complexity index is 151. The van der Waals surface area contributed by atoms with E-state index in [1.54, 1.807) is 6.20 Å². The number of hydrogen-bond acceptors (Lipinski definition) is 2. The number of aryl methyl sites for hydroxylation is 2. The van der Waals surface area contributed by atoms with Gasteiger partial charge in [0.2, 0.25) is 0 Å². The molecule has 1 aromatic rings. The van der Waals surface area contributed by atoms with E-state index in [4.69, 9.17) is 0 Å². The normalized spacial score (nSPS) is 7.27. The standard InChI is InChI=1S/C6H7N2.C2H6.W/c1-5-3-7-6(2)8-4-5;1-2;/h3H,1-2H3;1-2H3;/q-1;;. The third-order valence-electron chi connectivity index (χ3n) is 0.839. The number of hydrogen-bond donors (Lipinski definition) is 0. The Kier molecular flexibility index (Phi) is 9.56. The van der Waals surface area contributed by atoms with Crippen LogP contribution in [0, 0.1) is 20.0 Å². The molecule has 0 bridgehead atoms. The molecular formula is C8H13N2W-. The second-order valence-corrected chi connectivity index (χ2v) is 1.71. The van der Waals surface area contributed by atoms with Gasteiger partial charge in [-0.1, -0.05) is 40.1 Å². The Morgan fingerprint density at radius 1 is 1.27 bits per heavy atom. The van der Waals surface area contributed by atoms with Crippen LogP contribution in [0.2, 0.25) is 0 Å². The molecule has 0 N–H and O–H groups in total. The van der Waals surface area contributed by atoms with Crippen molar-refractivity contribution in [2.75, 3.05) is 0 Å². The molecule has 0 aromatic carbocycles. The molecule has 0 spiro atoms. The van der Waals surface area contributed by atoms with Crippen LogP contribution < -0.4 is 0 Å². The Morgan fingerprint density at radius 3 is 2.09 bits per heavy atom. The van der Waals surface area contributed by atoms with Gasteiger partial charge >= 0.3 is 0 Å². The van der Waals surface area contributed by atoms with Crippen LogP contribution in [0.25, 0.3) is 0 Å². The predicted molar refractivity (Wildman–Crippen MR) is 41.7 cm³/mol. The number of nitrogens with zero attached hydrogens (tertiary/aromatic N) is 2. The zero-order valence-corrected chi connectivity index (χ0v) is 10.3. The van der Waals surface area contributed by atoms with Crippen molar-refractivity contribution in [1.82, 2.24) is 9.97 Å². The molecule has 0 atom stereocenters. The van der Waals surface area contributed by atoms with Crippen molar-refractivity contribution in [1.29, 1.82) is 0 Å². The second kappa shape index (κ2) is 7.87. The fraction of sp³-hybridized carbons (Fsp3) is 0.500. The minimum Gasteiger partial charge on any atom is -0.373 e. The van der Waals surface area contributed by atoms with Crippen molar-refractivity contribution >= 4 is 0 Å². The molecule has 1 heterocycles. The summed E-state index contributed by atoms with van der Waals surface area (Å²) in [5.41, 5.74) is 0.982. The van der Waals surface area contributed by atoms with Gasteiger partial charge in [-0.3, -0.25) is 0 Å². The van der Waals surface area contributed by atoms with Gasteiger partial charge < -0.3 is 9.97 Å². The molecule has 3 heteroatoms. The Labute approximate surface area is 82.7 Å². The van der Waals surface area contributed by atoms with Crippen molar-refractivity contribution in [2.45, 2.75) is 27.7 Å². The van der Waals surface area contributed by atoms with E-state index in [9.17, 15) is 0 Å². The number of rotatable bonds is 0. The molecule has 0 radical (unpaired) electrons. The van der Waals surface area contributed by atoms with Gasteiger partial charge in [-0.2, -0.15) is 0 Å². The second-order valence-electron chi connectivity index (χ2n) is 1.71. The van der Waals surface area contributed by atoms with E-state index in [-0.39, 0.29) is 21.1 Å². The summed E-state index contributed by atoms with van der Waals surface area (Å²) in [6, 6.07) is 0. The molecule has 0 amide bonds. The fourth-order valence-corrected chi connectivity index (χ4v) is 0.417. The van der Waals surface area contributed by atoms with Gasteiger partial charge in [0.1, 0.15) is 0 Å². The topological polar surface area (TPSA) is 25.8 Å². The third-order valence-corrected chi connectivity index (χ3v) is 0.839. The first-order valence-electron chi connectivity index (χ1n) is 3.47. The molecule has 0 saturated carbocycles. The molecule has 62 valence electrons. The van der Waals surface area contributed by atoms with Crippen molar-refractivity contribution < 1.29 is 21.1 Å². The van der Waals surface area contributed by atoms with E-state index in [0.29, 0.717) is 0 Å². The van der Waals surface area contributed by atoms with E-state index in [2.05, 4.69) is 16.2 Å². The van der Waals surface area contributed by atoms with Gasteiger partial charge in [0.15, 0.2) is 0 Å². The molecule has 2 nitrogen and oxygen atoms in total. The SMILES string of the molecule is CC.Cc1[c-]nc(C)nc1.[W]. The quantitative estimate of drug-likeness (QED) is 0.683. The molecule has 0 saturated heterocycles. The van der Waals surface area contributed by atoms with Crippen LogP contribution in [0.4, 0.5) is 0 Å². The van der Waals surface area contributed by atoms with Crippen molar-refractivity contribution in [2.24, 2.45) is 0 Å². The smallest absolute Gasteiger partial charge is 0.0104 e. The maximum absolute atomic E-state index is 3.94. The molecular weight excluding hydrogens is 308 g/mol. The summed E-state index contributed by atoms with van der Waals surface area (Å²) in [4.78, 5) is 7.78. The first kappa shape index (κ1) is 13.4. The minimum absolute atomic E-state index is 0. The molecule has 0 fully saturated rings. The summed E-state index contributed by atoms with van der Waals surface area (Å²) in [5, 5.41) is 0. The van der Waals surface area contributed by atoms with E-state index in [1.165, 1.54) is 0 Å². The third kappa shape index (κ3) is 6.18. The summed E-state index contributed by atoms with van der Waals surface area (Å²) < 4.78 is 0. The molecule has 0 unspecified atom stereocenters. The fourth-order valence-electron chi connectivity index (χ4n) is 0.417. The van der Waals surface area contributed by atoms with Crippen molar-refractivity contribution in [3.63, 3.8) is 0 Å². The first-order chi connectivity index (χ1) is 4.79. The van der Waals surface area contributed by atoms with Crippen LogP contribution in [0.1, 0.15) is 25.2 Å². The average Bonchev–Trinajstić information content (AvgIpc) is 2.00. The summed E-state index contributed by atoms with van der Waals surface area (Å²) in [5.74, 6) is 0.774. The van der Waals surface area contributed by atoms with Gasteiger partial charge in [-0.05, 0) is 0 Å². The van der Waals surface area contributed by atoms with Gasteiger partial charge in [0.25, 0.3) is 0 Å². The van der Waals surface area contributed by atoms with E-state index in [0.717, 1.165) is 11.4 Å². The zero-order chi connectivity index (χ0) is 7.98. The first-order valence-corrected chi connectivity index (χ1v) is 3.47. The maximum Gasteiger partial charge on any atom is 0.0104 e. The Morgan fingerprint density at radius 2 is 1.82 bits per heavy atom. The monoisotopic (exact) mass is 321 g/mol. The van der Waals surface area contributed by atoms with Gasteiger partial charge in [0.05, 0.1) is 0 Å². The van der Waals surface area contributed by atoms with Gasteiger partial charge in [0, 0.05) is 26.9 Å².